The Balaban J connectivity index is 1.81. The maximum absolute atomic E-state index is 9.25. The first-order chi connectivity index (χ1) is 7.40. The molecule has 1 aliphatic rings. The average molecular weight is 227 g/mol. The number of nitrogens with one attached hydrogen (secondary N) is 1. The Morgan fingerprint density at radius 3 is 3.07 bits per heavy atom. The fourth-order valence-corrected chi connectivity index (χ4v) is 2.64. The van der Waals surface area contributed by atoms with Gasteiger partial charge in [-0.15, -0.1) is 5.10 Å². The van der Waals surface area contributed by atoms with Crippen LogP contribution in [-0.4, -0.2) is 27.3 Å². The van der Waals surface area contributed by atoms with E-state index in [4.69, 9.17) is 0 Å². The first-order valence-corrected chi connectivity index (χ1v) is 6.34. The van der Waals surface area contributed by atoms with E-state index < -0.39 is 0 Å². The van der Waals surface area contributed by atoms with E-state index >= 15 is 0 Å². The fourth-order valence-electron chi connectivity index (χ4n) is 2.19. The van der Waals surface area contributed by atoms with Crippen LogP contribution >= 0.6 is 11.5 Å². The van der Waals surface area contributed by atoms with Crippen molar-refractivity contribution < 1.29 is 5.11 Å². The number of aliphatic hydroxyl groups excluding tert-OH is 1. The monoisotopic (exact) mass is 227 g/mol. The summed E-state index contributed by atoms with van der Waals surface area (Å²) >= 11 is 1.38. The second-order valence-corrected chi connectivity index (χ2v) is 4.72. The molecule has 1 aromatic heterocycles. The van der Waals surface area contributed by atoms with E-state index in [1.807, 2.05) is 5.38 Å². The Bertz CT molecular complexity index is 278. The van der Waals surface area contributed by atoms with Gasteiger partial charge in [0.05, 0.1) is 5.69 Å². The molecule has 0 aliphatic heterocycles. The number of rotatable bonds is 4. The van der Waals surface area contributed by atoms with Crippen LogP contribution in [0.25, 0.3) is 0 Å². The van der Waals surface area contributed by atoms with Crippen molar-refractivity contribution in [3.63, 3.8) is 0 Å². The van der Waals surface area contributed by atoms with Crippen LogP contribution in [-0.2, 0) is 6.54 Å². The van der Waals surface area contributed by atoms with E-state index in [-0.39, 0.29) is 0 Å². The first-order valence-electron chi connectivity index (χ1n) is 5.50. The smallest absolute Gasteiger partial charge is 0.0893 e. The molecular formula is C10H17N3OS. The minimum atomic E-state index is 0.299. The minimum Gasteiger partial charge on any atom is -0.396 e. The third-order valence-electron chi connectivity index (χ3n) is 3.09. The van der Waals surface area contributed by atoms with Crippen molar-refractivity contribution in [2.24, 2.45) is 5.92 Å². The van der Waals surface area contributed by atoms with E-state index in [1.165, 1.54) is 30.8 Å². The molecule has 1 heterocycles. The zero-order chi connectivity index (χ0) is 10.5. The molecule has 0 saturated heterocycles. The average Bonchev–Trinajstić information content (AvgIpc) is 2.79. The Kier molecular flexibility index (Phi) is 4.05. The van der Waals surface area contributed by atoms with Crippen LogP contribution in [0.3, 0.4) is 0 Å². The lowest BCUT2D eigenvalue weighted by molar-refractivity contribution is 0.152. The van der Waals surface area contributed by atoms with Crippen LogP contribution in [0, 0.1) is 5.92 Å². The van der Waals surface area contributed by atoms with Gasteiger partial charge in [-0.25, -0.2) is 0 Å². The van der Waals surface area contributed by atoms with E-state index in [0.29, 0.717) is 18.6 Å². The first kappa shape index (κ1) is 11.0. The highest BCUT2D eigenvalue weighted by Gasteiger charge is 2.23. The van der Waals surface area contributed by atoms with Crippen LogP contribution in [0.15, 0.2) is 5.38 Å². The van der Waals surface area contributed by atoms with E-state index in [0.717, 1.165) is 18.7 Å². The quantitative estimate of drug-likeness (QED) is 0.811. The summed E-state index contributed by atoms with van der Waals surface area (Å²) in [5.74, 6) is 0.422. The zero-order valence-electron chi connectivity index (χ0n) is 8.72. The summed E-state index contributed by atoms with van der Waals surface area (Å²) in [7, 11) is 0. The van der Waals surface area contributed by atoms with Crippen LogP contribution in [0.2, 0.25) is 0 Å². The number of nitrogens with zero attached hydrogens (tertiary/aromatic N) is 2. The lowest BCUT2D eigenvalue weighted by atomic mass is 9.85. The summed E-state index contributed by atoms with van der Waals surface area (Å²) in [5, 5.41) is 18.7. The Morgan fingerprint density at radius 2 is 2.33 bits per heavy atom. The van der Waals surface area contributed by atoms with Crippen molar-refractivity contribution in [2.75, 3.05) is 6.61 Å². The van der Waals surface area contributed by atoms with Gasteiger partial charge in [-0.2, -0.15) is 0 Å². The van der Waals surface area contributed by atoms with Crippen LogP contribution in [0.5, 0.6) is 0 Å². The molecule has 2 unspecified atom stereocenters. The SMILES string of the molecule is OCC1CCCCC1NCc1csnn1. The number of hydrogen-bond donors (Lipinski definition) is 2. The molecule has 0 radical (unpaired) electrons. The highest BCUT2D eigenvalue weighted by atomic mass is 32.1. The van der Waals surface area contributed by atoms with Gasteiger partial charge in [0.15, 0.2) is 0 Å². The van der Waals surface area contributed by atoms with Gasteiger partial charge in [0.2, 0.25) is 0 Å². The van der Waals surface area contributed by atoms with Gasteiger partial charge in [0.1, 0.15) is 0 Å². The molecule has 84 valence electrons. The topological polar surface area (TPSA) is 58.0 Å². The lowest BCUT2D eigenvalue weighted by Crippen LogP contribution is -2.39. The standard InChI is InChI=1S/C10H17N3OS/c14-6-8-3-1-2-4-10(8)11-5-9-7-15-13-12-9/h7-8,10-11,14H,1-6H2. The molecule has 0 aromatic carbocycles. The van der Waals surface area contributed by atoms with Crippen molar-refractivity contribution in [3.05, 3.63) is 11.1 Å². The lowest BCUT2D eigenvalue weighted by Gasteiger charge is -2.30. The Labute approximate surface area is 93.9 Å². The van der Waals surface area contributed by atoms with Crippen LogP contribution < -0.4 is 5.32 Å². The molecule has 2 N–H and O–H groups in total. The zero-order valence-corrected chi connectivity index (χ0v) is 9.54. The molecule has 0 amide bonds. The van der Waals surface area contributed by atoms with Gasteiger partial charge in [0.25, 0.3) is 0 Å². The van der Waals surface area contributed by atoms with Gasteiger partial charge in [-0.3, -0.25) is 0 Å². The Morgan fingerprint density at radius 1 is 1.47 bits per heavy atom. The molecule has 15 heavy (non-hydrogen) atoms. The minimum absolute atomic E-state index is 0.299. The largest absolute Gasteiger partial charge is 0.396 e. The summed E-state index contributed by atoms with van der Waals surface area (Å²) < 4.78 is 3.83. The van der Waals surface area contributed by atoms with Crippen molar-refractivity contribution in [3.8, 4) is 0 Å². The molecule has 1 saturated carbocycles. The normalized spacial score (nSPS) is 26.7. The molecule has 0 bridgehead atoms. The summed E-state index contributed by atoms with van der Waals surface area (Å²) in [5.41, 5.74) is 1.00. The summed E-state index contributed by atoms with van der Waals surface area (Å²) in [6, 6.07) is 0.449. The van der Waals surface area contributed by atoms with E-state index in [2.05, 4.69) is 14.9 Å². The number of aromatic nitrogens is 2. The van der Waals surface area contributed by atoms with Gasteiger partial charge in [0, 0.05) is 24.6 Å². The second-order valence-electron chi connectivity index (χ2n) is 4.11. The van der Waals surface area contributed by atoms with Gasteiger partial charge in [-0.1, -0.05) is 17.3 Å². The molecule has 1 aliphatic carbocycles. The molecule has 5 heteroatoms. The Hall–Kier alpha value is -0.520. The van der Waals surface area contributed by atoms with Crippen LogP contribution in [0.1, 0.15) is 31.4 Å². The molecule has 1 fully saturated rings. The molecule has 1 aromatic rings. The van der Waals surface area contributed by atoms with E-state index in [9.17, 15) is 5.11 Å². The molecule has 4 nitrogen and oxygen atoms in total. The maximum Gasteiger partial charge on any atom is 0.0893 e. The van der Waals surface area contributed by atoms with Gasteiger partial charge >= 0.3 is 0 Å². The van der Waals surface area contributed by atoms with Gasteiger partial charge in [-0.05, 0) is 30.3 Å². The fraction of sp³-hybridized carbons (Fsp3) is 0.800. The van der Waals surface area contributed by atoms with Crippen LogP contribution in [0.4, 0.5) is 0 Å². The highest BCUT2D eigenvalue weighted by molar-refractivity contribution is 7.03. The summed E-state index contributed by atoms with van der Waals surface area (Å²) in [6.07, 6.45) is 4.83. The highest BCUT2D eigenvalue weighted by Crippen LogP contribution is 2.24. The number of aliphatic hydroxyl groups is 1. The van der Waals surface area contributed by atoms with Crippen molar-refractivity contribution >= 4 is 11.5 Å². The predicted molar refractivity (Wildman–Crippen MR) is 59.6 cm³/mol. The molecule has 2 atom stereocenters. The second kappa shape index (κ2) is 5.53. The summed E-state index contributed by atoms with van der Waals surface area (Å²) in [4.78, 5) is 0. The third-order valence-corrected chi connectivity index (χ3v) is 3.65. The van der Waals surface area contributed by atoms with Crippen molar-refractivity contribution in [2.45, 2.75) is 38.3 Å². The van der Waals surface area contributed by atoms with E-state index in [1.54, 1.807) is 0 Å². The van der Waals surface area contributed by atoms with Crippen molar-refractivity contribution in [1.29, 1.82) is 0 Å². The van der Waals surface area contributed by atoms with Gasteiger partial charge < -0.3 is 10.4 Å². The number of hydrogen-bond acceptors (Lipinski definition) is 5. The summed E-state index contributed by atoms with van der Waals surface area (Å²) in [6.45, 7) is 1.07. The maximum atomic E-state index is 9.25. The predicted octanol–water partition coefficient (Wildman–Crippen LogP) is 1.18. The molecule has 2 rings (SSSR count). The van der Waals surface area contributed by atoms with Crippen molar-refractivity contribution in [1.82, 2.24) is 14.9 Å². The third kappa shape index (κ3) is 2.96. The molecular weight excluding hydrogens is 210 g/mol. The molecule has 0 spiro atoms.